The number of hydrogen-bond acceptors (Lipinski definition) is 3. The van der Waals surface area contributed by atoms with Crippen LogP contribution in [0.3, 0.4) is 0 Å². The van der Waals surface area contributed by atoms with Crippen molar-refractivity contribution < 1.29 is 17.9 Å². The zero-order valence-corrected chi connectivity index (χ0v) is 13.9. The van der Waals surface area contributed by atoms with Gasteiger partial charge in [0, 0.05) is 23.2 Å². The number of aromatic nitrogens is 1. The maximum Gasteiger partial charge on any atom is 0.573 e. The molecule has 0 fully saturated rings. The van der Waals surface area contributed by atoms with Gasteiger partial charge in [0.1, 0.15) is 0 Å². The van der Waals surface area contributed by atoms with Crippen LogP contribution >= 0.6 is 0 Å². The van der Waals surface area contributed by atoms with Gasteiger partial charge >= 0.3 is 6.36 Å². The molecule has 134 valence electrons. The maximum atomic E-state index is 12.7. The van der Waals surface area contributed by atoms with E-state index >= 15 is 0 Å². The van der Waals surface area contributed by atoms with Crippen LogP contribution in [0, 0.1) is 6.92 Å². The molecule has 0 saturated carbocycles. The standard InChI is InChI=1S/C19H15F3N2O2/c1-11-5-2-3-7-14(11)24-10-9-13-17(24)12-6-4-8-15(26-19(20,21)22)16(12)23-18(13)25/h2-8H,9-10H2,1H3,(H,23,25). The van der Waals surface area contributed by atoms with Gasteiger partial charge in [0.05, 0.1) is 11.2 Å². The van der Waals surface area contributed by atoms with Crippen LogP contribution in [0.1, 0.15) is 11.1 Å². The lowest BCUT2D eigenvalue weighted by Crippen LogP contribution is -2.19. The lowest BCUT2D eigenvalue weighted by Gasteiger charge is -2.23. The fraction of sp³-hybridized carbons (Fsp3) is 0.211. The molecule has 0 unspecified atom stereocenters. The third-order valence-corrected chi connectivity index (χ3v) is 4.57. The molecule has 3 aromatic rings. The highest BCUT2D eigenvalue weighted by Gasteiger charge is 2.33. The molecule has 1 N–H and O–H groups in total. The van der Waals surface area contributed by atoms with Crippen molar-refractivity contribution in [1.82, 2.24) is 4.98 Å². The molecule has 4 rings (SSSR count). The molecule has 2 heterocycles. The third kappa shape index (κ3) is 2.69. The van der Waals surface area contributed by atoms with Crippen molar-refractivity contribution in [2.75, 3.05) is 11.4 Å². The summed E-state index contributed by atoms with van der Waals surface area (Å²) in [4.78, 5) is 17.0. The van der Waals surface area contributed by atoms with E-state index in [1.165, 1.54) is 12.1 Å². The minimum atomic E-state index is -4.83. The summed E-state index contributed by atoms with van der Waals surface area (Å²) in [5, 5.41) is 0.530. The Kier molecular flexibility index (Phi) is 3.68. The molecule has 0 amide bonds. The van der Waals surface area contributed by atoms with Crippen molar-refractivity contribution in [2.45, 2.75) is 19.7 Å². The summed E-state index contributed by atoms with van der Waals surface area (Å²) in [5.41, 5.74) is 2.84. The molecule has 0 atom stereocenters. The predicted molar refractivity (Wildman–Crippen MR) is 93.1 cm³/mol. The molecule has 0 spiro atoms. The van der Waals surface area contributed by atoms with E-state index in [1.807, 2.05) is 36.1 Å². The number of halogens is 3. The smallest absolute Gasteiger partial charge is 0.404 e. The van der Waals surface area contributed by atoms with Crippen LogP contribution in [-0.2, 0) is 6.42 Å². The highest BCUT2D eigenvalue weighted by molar-refractivity contribution is 5.99. The first-order chi connectivity index (χ1) is 12.3. The Morgan fingerprint density at radius 2 is 1.88 bits per heavy atom. The summed E-state index contributed by atoms with van der Waals surface area (Å²) in [6, 6.07) is 12.1. The van der Waals surface area contributed by atoms with Gasteiger partial charge in [-0.1, -0.05) is 30.3 Å². The van der Waals surface area contributed by atoms with Crippen LogP contribution in [0.2, 0.25) is 0 Å². The lowest BCUT2D eigenvalue weighted by molar-refractivity contribution is -0.274. The number of nitrogens with zero attached hydrogens (tertiary/aromatic N) is 1. The fourth-order valence-corrected chi connectivity index (χ4v) is 3.51. The van der Waals surface area contributed by atoms with Crippen molar-refractivity contribution >= 4 is 22.3 Å². The Morgan fingerprint density at radius 3 is 2.62 bits per heavy atom. The number of rotatable bonds is 2. The molecule has 26 heavy (non-hydrogen) atoms. The van der Waals surface area contributed by atoms with Crippen LogP contribution in [0.15, 0.2) is 47.3 Å². The van der Waals surface area contributed by atoms with E-state index in [9.17, 15) is 18.0 Å². The van der Waals surface area contributed by atoms with Gasteiger partial charge in [-0.05, 0) is 31.0 Å². The highest BCUT2D eigenvalue weighted by Crippen LogP contribution is 2.41. The number of ether oxygens (including phenoxy) is 1. The lowest BCUT2D eigenvalue weighted by atomic mass is 10.1. The van der Waals surface area contributed by atoms with E-state index in [0.717, 1.165) is 11.3 Å². The van der Waals surface area contributed by atoms with Gasteiger partial charge in [-0.2, -0.15) is 0 Å². The van der Waals surface area contributed by atoms with Gasteiger partial charge in [-0.15, -0.1) is 13.2 Å². The first-order valence-electron chi connectivity index (χ1n) is 8.12. The average Bonchev–Trinajstić information content (AvgIpc) is 3.01. The quantitative estimate of drug-likeness (QED) is 0.735. The number of H-pyrrole nitrogens is 1. The minimum Gasteiger partial charge on any atom is -0.404 e. The van der Waals surface area contributed by atoms with Gasteiger partial charge < -0.3 is 14.6 Å². The Balaban J connectivity index is 1.97. The van der Waals surface area contributed by atoms with Crippen molar-refractivity contribution in [1.29, 1.82) is 0 Å². The van der Waals surface area contributed by atoms with E-state index in [1.54, 1.807) is 6.07 Å². The molecule has 1 aliphatic heterocycles. The van der Waals surface area contributed by atoms with Crippen molar-refractivity contribution in [3.63, 3.8) is 0 Å². The zero-order valence-electron chi connectivity index (χ0n) is 13.9. The fourth-order valence-electron chi connectivity index (χ4n) is 3.51. The molecule has 4 nitrogen and oxygen atoms in total. The minimum absolute atomic E-state index is 0.0501. The predicted octanol–water partition coefficient (Wildman–Crippen LogP) is 4.43. The second kappa shape index (κ2) is 5.79. The third-order valence-electron chi connectivity index (χ3n) is 4.57. The number of aromatic amines is 1. The number of alkyl halides is 3. The molecular formula is C19H15F3N2O2. The highest BCUT2D eigenvalue weighted by atomic mass is 19.4. The summed E-state index contributed by atoms with van der Waals surface area (Å²) in [6.07, 6.45) is -4.31. The number of benzene rings is 2. The van der Waals surface area contributed by atoms with Crippen molar-refractivity contribution in [3.05, 3.63) is 63.9 Å². The summed E-state index contributed by atoms with van der Waals surface area (Å²) in [6.45, 7) is 2.55. The number of pyridine rings is 1. The molecule has 7 heteroatoms. The van der Waals surface area contributed by atoms with E-state index < -0.39 is 12.1 Å². The molecule has 1 aliphatic rings. The van der Waals surface area contributed by atoms with Crippen LogP contribution in [0.25, 0.3) is 10.9 Å². The van der Waals surface area contributed by atoms with Gasteiger partial charge in [0.25, 0.3) is 5.56 Å². The number of fused-ring (bicyclic) bond motifs is 3. The summed E-state index contributed by atoms with van der Waals surface area (Å²) >= 11 is 0. The molecule has 0 saturated heterocycles. The Bertz CT molecular complexity index is 1060. The first-order valence-corrected chi connectivity index (χ1v) is 8.12. The second-order valence-corrected chi connectivity index (χ2v) is 6.20. The Morgan fingerprint density at radius 1 is 1.12 bits per heavy atom. The average molecular weight is 360 g/mol. The summed E-state index contributed by atoms with van der Waals surface area (Å²) in [7, 11) is 0. The topological polar surface area (TPSA) is 45.3 Å². The van der Waals surface area contributed by atoms with Gasteiger partial charge in [-0.25, -0.2) is 0 Å². The zero-order chi connectivity index (χ0) is 18.5. The number of hydrogen-bond donors (Lipinski definition) is 1. The van der Waals surface area contributed by atoms with E-state index in [2.05, 4.69) is 9.72 Å². The van der Waals surface area contributed by atoms with E-state index in [0.29, 0.717) is 29.6 Å². The largest absolute Gasteiger partial charge is 0.573 e. The van der Waals surface area contributed by atoms with Crippen molar-refractivity contribution in [3.8, 4) is 5.75 Å². The van der Waals surface area contributed by atoms with Crippen LogP contribution in [0.5, 0.6) is 5.75 Å². The van der Waals surface area contributed by atoms with Crippen LogP contribution in [0.4, 0.5) is 24.5 Å². The van der Waals surface area contributed by atoms with Gasteiger partial charge in [0.2, 0.25) is 0 Å². The molecule has 1 aromatic heterocycles. The van der Waals surface area contributed by atoms with Crippen LogP contribution in [-0.4, -0.2) is 17.9 Å². The van der Waals surface area contributed by atoms with E-state index in [4.69, 9.17) is 0 Å². The SMILES string of the molecule is Cc1ccccc1N1CCc2c1c1cccc(OC(F)(F)F)c1[nH]c2=O. The number of anilines is 2. The first kappa shape index (κ1) is 16.5. The molecule has 0 radical (unpaired) electrons. The molecule has 2 aromatic carbocycles. The molecule has 0 bridgehead atoms. The summed E-state index contributed by atoms with van der Waals surface area (Å²) < 4.78 is 42.2. The Hall–Kier alpha value is -2.96. The van der Waals surface area contributed by atoms with Gasteiger partial charge in [-0.3, -0.25) is 4.79 Å². The number of para-hydroxylation sites is 2. The maximum absolute atomic E-state index is 12.7. The normalized spacial score (nSPS) is 13.9. The monoisotopic (exact) mass is 360 g/mol. The van der Waals surface area contributed by atoms with Gasteiger partial charge in [0.15, 0.2) is 5.75 Å². The molecule has 0 aliphatic carbocycles. The second-order valence-electron chi connectivity index (χ2n) is 6.20. The Labute approximate surface area is 146 Å². The van der Waals surface area contributed by atoms with E-state index in [-0.39, 0.29) is 11.1 Å². The number of nitrogens with one attached hydrogen (secondary N) is 1. The van der Waals surface area contributed by atoms with Crippen molar-refractivity contribution in [2.24, 2.45) is 0 Å². The molecular weight excluding hydrogens is 345 g/mol. The van der Waals surface area contributed by atoms with Crippen LogP contribution < -0.4 is 15.2 Å². The summed E-state index contributed by atoms with van der Waals surface area (Å²) in [5.74, 6) is -0.411. The number of aryl methyl sites for hydroxylation is 1.